The molecule has 4 N–H and O–H groups in total. The van der Waals surface area contributed by atoms with Crippen LogP contribution < -0.4 is 16.4 Å². The van der Waals surface area contributed by atoms with Crippen molar-refractivity contribution in [2.75, 3.05) is 0 Å². The zero-order valence-corrected chi connectivity index (χ0v) is 16.7. The number of rotatable bonds is 5. The van der Waals surface area contributed by atoms with Gasteiger partial charge in [0, 0.05) is 11.3 Å². The summed E-state index contributed by atoms with van der Waals surface area (Å²) in [7, 11) is 0. The van der Waals surface area contributed by atoms with Gasteiger partial charge in [-0.25, -0.2) is 4.98 Å². The van der Waals surface area contributed by atoms with Crippen LogP contribution in [0.5, 0.6) is 11.6 Å². The zero-order valence-electron chi connectivity index (χ0n) is 16.7. The van der Waals surface area contributed by atoms with E-state index in [0.29, 0.717) is 5.92 Å². The molecule has 4 nitrogen and oxygen atoms in total. The normalized spacial score (nSPS) is 10.5. The molecule has 1 aromatic heterocycles. The van der Waals surface area contributed by atoms with Crippen molar-refractivity contribution in [2.24, 2.45) is 11.7 Å². The third-order valence-corrected chi connectivity index (χ3v) is 4.62. The Labute approximate surface area is 152 Å². The van der Waals surface area contributed by atoms with Gasteiger partial charge in [0.15, 0.2) is 0 Å². The minimum Gasteiger partial charge on any atom is -0.438 e. The average Bonchev–Trinajstić information content (AvgIpc) is 2.57. The Morgan fingerprint density at radius 2 is 1.44 bits per heavy atom. The molecule has 1 aromatic carbocycles. The molecule has 0 aliphatic rings. The highest BCUT2D eigenvalue weighted by Gasteiger charge is 2.17. The topological polar surface area (TPSA) is 74.2 Å². The van der Waals surface area contributed by atoms with E-state index in [9.17, 15) is 0 Å². The van der Waals surface area contributed by atoms with Gasteiger partial charge in [0.05, 0.1) is 0 Å². The fourth-order valence-corrected chi connectivity index (χ4v) is 3.41. The molecule has 0 spiro atoms. The molecule has 0 aliphatic heterocycles. The van der Waals surface area contributed by atoms with Gasteiger partial charge in [-0.05, 0) is 76.1 Å². The number of nitrogens with zero attached hydrogens (tertiary/aromatic N) is 1. The number of ether oxygens (including phenoxy) is 1. The van der Waals surface area contributed by atoms with Crippen molar-refractivity contribution < 1.29 is 4.74 Å². The van der Waals surface area contributed by atoms with Gasteiger partial charge in [0.1, 0.15) is 5.75 Å². The van der Waals surface area contributed by atoms with Crippen molar-refractivity contribution in [3.05, 3.63) is 51.7 Å². The van der Waals surface area contributed by atoms with Gasteiger partial charge < -0.3 is 4.74 Å². The van der Waals surface area contributed by atoms with Crippen LogP contribution in [0, 0.1) is 34.6 Å². The summed E-state index contributed by atoms with van der Waals surface area (Å²) < 4.78 is 6.28. The fourth-order valence-electron chi connectivity index (χ4n) is 3.41. The van der Waals surface area contributed by atoms with Gasteiger partial charge in [-0.2, -0.15) is 0 Å². The van der Waals surface area contributed by atoms with Crippen molar-refractivity contribution in [1.29, 1.82) is 0 Å². The molecule has 0 fully saturated rings. The molecule has 0 saturated carbocycles. The van der Waals surface area contributed by atoms with E-state index in [1.165, 1.54) is 16.7 Å². The molecule has 2 aromatic rings. The molecule has 2 rings (SSSR count). The highest BCUT2D eigenvalue weighted by atomic mass is 16.5. The zero-order chi connectivity index (χ0) is 19.1. The maximum absolute atomic E-state index is 6.28. The molecule has 0 saturated heterocycles. The van der Waals surface area contributed by atoms with Crippen molar-refractivity contribution in [2.45, 2.75) is 67.2 Å². The lowest BCUT2D eigenvalue weighted by molar-refractivity contribution is 0.448. The molecule has 0 amide bonds. The predicted octanol–water partition coefficient (Wildman–Crippen LogP) is 5.14. The summed E-state index contributed by atoms with van der Waals surface area (Å²) in [5, 5.41) is 0. The SMILES string of the molecule is CCC(CC)c1cc(C)nc(Oc2c(C)cc(C)cc2C)c1C.NN. The van der Waals surface area contributed by atoms with Crippen LogP contribution in [0.2, 0.25) is 0 Å². The van der Waals surface area contributed by atoms with Crippen molar-refractivity contribution in [3.63, 3.8) is 0 Å². The van der Waals surface area contributed by atoms with E-state index in [0.717, 1.165) is 41.3 Å². The van der Waals surface area contributed by atoms with Crippen LogP contribution in [-0.2, 0) is 0 Å². The van der Waals surface area contributed by atoms with Gasteiger partial charge in [-0.3, -0.25) is 11.7 Å². The minimum atomic E-state index is 0.569. The second kappa shape index (κ2) is 9.54. The first-order valence-electron chi connectivity index (χ1n) is 8.94. The van der Waals surface area contributed by atoms with Crippen LogP contribution in [0.3, 0.4) is 0 Å². The standard InChI is InChI=1S/C21H29NO.H4N2/c1-8-18(9-2)19-12-16(6)22-21(17(19)7)23-20-14(4)10-13(3)11-15(20)5;1-2/h10-12,18H,8-9H2,1-7H3;1-2H2. The summed E-state index contributed by atoms with van der Waals surface area (Å²) in [6.07, 6.45) is 2.28. The van der Waals surface area contributed by atoms with Gasteiger partial charge in [0.25, 0.3) is 0 Å². The average molecular weight is 344 g/mol. The number of aromatic nitrogens is 1. The molecule has 0 aliphatic carbocycles. The monoisotopic (exact) mass is 343 g/mol. The molecule has 0 radical (unpaired) electrons. The highest BCUT2D eigenvalue weighted by molar-refractivity contribution is 5.47. The van der Waals surface area contributed by atoms with Crippen molar-refractivity contribution in [3.8, 4) is 11.6 Å². The van der Waals surface area contributed by atoms with Crippen LogP contribution in [-0.4, -0.2) is 4.98 Å². The molecule has 0 atom stereocenters. The van der Waals surface area contributed by atoms with E-state index in [-0.39, 0.29) is 0 Å². The smallest absolute Gasteiger partial charge is 0.222 e. The van der Waals surface area contributed by atoms with E-state index in [1.807, 2.05) is 6.92 Å². The summed E-state index contributed by atoms with van der Waals surface area (Å²) in [5.74, 6) is 10.3. The first-order chi connectivity index (χ1) is 11.9. The Morgan fingerprint density at radius 3 is 1.92 bits per heavy atom. The predicted molar refractivity (Wildman–Crippen MR) is 106 cm³/mol. The van der Waals surface area contributed by atoms with Crippen LogP contribution in [0.1, 0.15) is 66.1 Å². The Balaban J connectivity index is 0.00000151. The number of pyridine rings is 1. The molecule has 138 valence electrons. The number of hydrogen-bond acceptors (Lipinski definition) is 4. The van der Waals surface area contributed by atoms with Crippen LogP contribution in [0.4, 0.5) is 0 Å². The number of benzene rings is 1. The number of aryl methyl sites for hydroxylation is 4. The first kappa shape index (κ1) is 21.1. The molecule has 4 heteroatoms. The van der Waals surface area contributed by atoms with Crippen LogP contribution in [0.15, 0.2) is 18.2 Å². The quantitative estimate of drug-likeness (QED) is 0.582. The lowest BCUT2D eigenvalue weighted by Gasteiger charge is -2.20. The second-order valence-electron chi connectivity index (χ2n) is 6.63. The second-order valence-corrected chi connectivity index (χ2v) is 6.63. The largest absolute Gasteiger partial charge is 0.438 e. The van der Waals surface area contributed by atoms with Gasteiger partial charge in [-0.1, -0.05) is 31.5 Å². The van der Waals surface area contributed by atoms with Gasteiger partial charge >= 0.3 is 0 Å². The summed E-state index contributed by atoms with van der Waals surface area (Å²) in [5.41, 5.74) is 7.15. The Morgan fingerprint density at radius 1 is 0.920 bits per heavy atom. The number of nitrogens with two attached hydrogens (primary N) is 2. The maximum Gasteiger partial charge on any atom is 0.222 e. The fraction of sp³-hybridized carbons (Fsp3) is 0.476. The highest BCUT2D eigenvalue weighted by Crippen LogP contribution is 2.35. The van der Waals surface area contributed by atoms with Crippen molar-refractivity contribution in [1.82, 2.24) is 4.98 Å². The Bertz CT molecular complexity index is 684. The molecule has 0 unspecified atom stereocenters. The van der Waals surface area contributed by atoms with Gasteiger partial charge in [-0.15, -0.1) is 0 Å². The summed E-state index contributed by atoms with van der Waals surface area (Å²) in [4.78, 5) is 4.66. The van der Waals surface area contributed by atoms with Crippen molar-refractivity contribution >= 4 is 0 Å². The third-order valence-electron chi connectivity index (χ3n) is 4.62. The van der Waals surface area contributed by atoms with E-state index in [2.05, 4.69) is 76.4 Å². The lowest BCUT2D eigenvalue weighted by Crippen LogP contribution is -2.04. The van der Waals surface area contributed by atoms with E-state index < -0.39 is 0 Å². The molecule has 0 bridgehead atoms. The van der Waals surface area contributed by atoms with E-state index >= 15 is 0 Å². The number of hydrazine groups is 1. The van der Waals surface area contributed by atoms with E-state index in [1.54, 1.807) is 0 Å². The maximum atomic E-state index is 6.28. The summed E-state index contributed by atoms with van der Waals surface area (Å²) in [6.45, 7) is 15.0. The van der Waals surface area contributed by atoms with Gasteiger partial charge in [0.2, 0.25) is 5.88 Å². The molecule has 25 heavy (non-hydrogen) atoms. The molecular weight excluding hydrogens is 310 g/mol. The Hall–Kier alpha value is -1.91. The van der Waals surface area contributed by atoms with Crippen LogP contribution in [0.25, 0.3) is 0 Å². The lowest BCUT2D eigenvalue weighted by atomic mass is 9.91. The summed E-state index contributed by atoms with van der Waals surface area (Å²) >= 11 is 0. The molecular formula is C21H33N3O. The minimum absolute atomic E-state index is 0.569. The first-order valence-corrected chi connectivity index (χ1v) is 8.94. The Kier molecular flexibility index (Phi) is 8.07. The van der Waals surface area contributed by atoms with E-state index in [4.69, 9.17) is 4.74 Å². The number of hydrogen-bond donors (Lipinski definition) is 2. The van der Waals surface area contributed by atoms with Crippen LogP contribution >= 0.6 is 0 Å². The summed E-state index contributed by atoms with van der Waals surface area (Å²) in [6, 6.07) is 6.54. The molecule has 1 heterocycles. The third kappa shape index (κ3) is 5.03.